The van der Waals surface area contributed by atoms with Crippen LogP contribution in [0, 0.1) is 0 Å². The van der Waals surface area contributed by atoms with E-state index in [0.717, 1.165) is 19.3 Å². The van der Waals surface area contributed by atoms with Crippen LogP contribution >= 0.6 is 0 Å². The van der Waals surface area contributed by atoms with Crippen LogP contribution in [0.3, 0.4) is 0 Å². The topological polar surface area (TPSA) is 97.6 Å². The number of aromatic nitrogens is 3. The van der Waals surface area contributed by atoms with E-state index in [9.17, 15) is 13.2 Å². The lowest BCUT2D eigenvalue weighted by Crippen LogP contribution is -2.44. The highest BCUT2D eigenvalue weighted by atomic mass is 32.2. The Hall–Kier alpha value is -1.52. The highest BCUT2D eigenvalue weighted by Gasteiger charge is 2.31. The third-order valence-electron chi connectivity index (χ3n) is 5.04. The molecule has 0 spiro atoms. The van der Waals surface area contributed by atoms with Crippen molar-refractivity contribution in [1.82, 2.24) is 24.2 Å². The van der Waals surface area contributed by atoms with E-state index in [2.05, 4.69) is 10.3 Å². The molecule has 2 saturated heterocycles. The number of aryl methyl sites for hydroxylation is 1. The molecule has 1 unspecified atom stereocenters. The standard InChI is InChI=1S/C16H27N5O4S/c1-2-26(23,24)21-7-4-3-5-14(21)6-8-20-13-15(17-18-20)16(22)19-9-11-25-12-10-19/h13-14H,2-12H2,1H3. The number of ether oxygens (including phenoxy) is 1. The lowest BCUT2D eigenvalue weighted by Gasteiger charge is -2.34. The van der Waals surface area contributed by atoms with Gasteiger partial charge in [0.2, 0.25) is 10.0 Å². The summed E-state index contributed by atoms with van der Waals surface area (Å²) in [4.78, 5) is 14.1. The Morgan fingerprint density at radius 1 is 1.27 bits per heavy atom. The fourth-order valence-corrected chi connectivity index (χ4v) is 4.91. The van der Waals surface area contributed by atoms with Crippen LogP contribution in [0.4, 0.5) is 0 Å². The zero-order valence-electron chi connectivity index (χ0n) is 15.2. The Kier molecular flexibility index (Phi) is 6.25. The monoisotopic (exact) mass is 385 g/mol. The summed E-state index contributed by atoms with van der Waals surface area (Å²) in [5.41, 5.74) is 0.327. The minimum atomic E-state index is -3.18. The zero-order chi connectivity index (χ0) is 18.6. The second-order valence-corrected chi connectivity index (χ2v) is 8.93. The molecular formula is C16H27N5O4S. The molecule has 10 heteroatoms. The molecule has 1 amide bonds. The molecule has 0 N–H and O–H groups in total. The predicted octanol–water partition coefficient (Wildman–Crippen LogP) is 0.345. The Morgan fingerprint density at radius 3 is 2.77 bits per heavy atom. The van der Waals surface area contributed by atoms with Crippen LogP contribution in [-0.2, 0) is 21.3 Å². The maximum absolute atomic E-state index is 12.4. The molecule has 2 aliphatic rings. The van der Waals surface area contributed by atoms with Crippen molar-refractivity contribution in [3.8, 4) is 0 Å². The van der Waals surface area contributed by atoms with E-state index in [-0.39, 0.29) is 17.7 Å². The molecule has 0 radical (unpaired) electrons. The van der Waals surface area contributed by atoms with Crippen molar-refractivity contribution >= 4 is 15.9 Å². The van der Waals surface area contributed by atoms with Crippen molar-refractivity contribution in [1.29, 1.82) is 0 Å². The fourth-order valence-electron chi connectivity index (χ4n) is 3.51. The van der Waals surface area contributed by atoms with Gasteiger partial charge in [-0.2, -0.15) is 4.31 Å². The van der Waals surface area contributed by atoms with Gasteiger partial charge in [0.1, 0.15) is 0 Å². The zero-order valence-corrected chi connectivity index (χ0v) is 16.0. The van der Waals surface area contributed by atoms with Gasteiger partial charge in [0.05, 0.1) is 25.2 Å². The largest absolute Gasteiger partial charge is 0.378 e. The first-order valence-corrected chi connectivity index (χ1v) is 10.9. The van der Waals surface area contributed by atoms with Gasteiger partial charge in [-0.25, -0.2) is 8.42 Å². The van der Waals surface area contributed by atoms with Crippen LogP contribution < -0.4 is 0 Å². The third kappa shape index (κ3) is 4.41. The lowest BCUT2D eigenvalue weighted by molar-refractivity contribution is 0.0299. The Balaban J connectivity index is 1.59. The molecule has 2 fully saturated rings. The van der Waals surface area contributed by atoms with Gasteiger partial charge in [-0.15, -0.1) is 5.10 Å². The van der Waals surface area contributed by atoms with Crippen LogP contribution in [0.1, 0.15) is 43.1 Å². The average molecular weight is 385 g/mol. The minimum Gasteiger partial charge on any atom is -0.378 e. The van der Waals surface area contributed by atoms with Gasteiger partial charge in [-0.3, -0.25) is 9.48 Å². The number of amides is 1. The molecule has 9 nitrogen and oxygen atoms in total. The normalized spacial score (nSPS) is 22.5. The number of morpholine rings is 1. The van der Waals surface area contributed by atoms with Crippen molar-refractivity contribution in [2.45, 2.75) is 45.2 Å². The summed E-state index contributed by atoms with van der Waals surface area (Å²) in [5, 5.41) is 8.03. The molecule has 146 valence electrons. The summed E-state index contributed by atoms with van der Waals surface area (Å²) in [7, 11) is -3.18. The molecule has 2 aliphatic heterocycles. The number of carbonyl (C=O) groups is 1. The molecule has 1 aromatic rings. The van der Waals surface area contributed by atoms with Gasteiger partial charge in [-0.05, 0) is 26.2 Å². The highest BCUT2D eigenvalue weighted by molar-refractivity contribution is 7.89. The molecule has 0 aliphatic carbocycles. The predicted molar refractivity (Wildman–Crippen MR) is 95.2 cm³/mol. The van der Waals surface area contributed by atoms with Gasteiger partial charge in [0, 0.05) is 32.2 Å². The maximum atomic E-state index is 12.4. The van der Waals surface area contributed by atoms with Gasteiger partial charge in [-0.1, -0.05) is 11.6 Å². The van der Waals surface area contributed by atoms with Crippen LogP contribution in [-0.4, -0.2) is 83.2 Å². The number of hydrogen-bond acceptors (Lipinski definition) is 6. The van der Waals surface area contributed by atoms with E-state index in [1.165, 1.54) is 0 Å². The molecule has 0 saturated carbocycles. The van der Waals surface area contributed by atoms with Gasteiger partial charge in [0.25, 0.3) is 5.91 Å². The number of carbonyl (C=O) groups excluding carboxylic acids is 1. The summed E-state index contributed by atoms with van der Waals surface area (Å²) < 4.78 is 33.1. The van der Waals surface area contributed by atoms with Gasteiger partial charge >= 0.3 is 0 Å². The van der Waals surface area contributed by atoms with Crippen molar-refractivity contribution in [2.24, 2.45) is 0 Å². The summed E-state index contributed by atoms with van der Waals surface area (Å²) >= 11 is 0. The van der Waals surface area contributed by atoms with Crippen molar-refractivity contribution in [3.05, 3.63) is 11.9 Å². The van der Waals surface area contributed by atoms with Crippen LogP contribution in [0.2, 0.25) is 0 Å². The number of nitrogens with zero attached hydrogens (tertiary/aromatic N) is 5. The quantitative estimate of drug-likeness (QED) is 0.701. The molecule has 0 aromatic carbocycles. The average Bonchev–Trinajstić information content (AvgIpc) is 3.15. The summed E-state index contributed by atoms with van der Waals surface area (Å²) in [6, 6.07) is -0.00343. The van der Waals surface area contributed by atoms with Gasteiger partial charge in [0.15, 0.2) is 5.69 Å². The van der Waals surface area contributed by atoms with E-state index >= 15 is 0 Å². The first kappa shape index (κ1) is 19.2. The maximum Gasteiger partial charge on any atom is 0.276 e. The molecule has 3 heterocycles. The van der Waals surface area contributed by atoms with Crippen molar-refractivity contribution < 1.29 is 17.9 Å². The number of sulfonamides is 1. The molecular weight excluding hydrogens is 358 g/mol. The third-order valence-corrected chi connectivity index (χ3v) is 6.97. The summed E-state index contributed by atoms with van der Waals surface area (Å²) in [6.07, 6.45) is 5.15. The number of hydrogen-bond donors (Lipinski definition) is 0. The number of rotatable bonds is 6. The molecule has 0 bridgehead atoms. The van der Waals surface area contributed by atoms with E-state index in [1.807, 2.05) is 0 Å². The molecule has 26 heavy (non-hydrogen) atoms. The number of piperidine rings is 1. The Labute approximate surface area is 154 Å². The first-order chi connectivity index (χ1) is 12.5. The highest BCUT2D eigenvalue weighted by Crippen LogP contribution is 2.23. The Bertz CT molecular complexity index is 714. The lowest BCUT2D eigenvalue weighted by atomic mass is 10.0. The van der Waals surface area contributed by atoms with Crippen LogP contribution in [0.5, 0.6) is 0 Å². The van der Waals surface area contributed by atoms with E-state index in [4.69, 9.17) is 4.74 Å². The summed E-state index contributed by atoms with van der Waals surface area (Å²) in [6.45, 7) is 5.05. The van der Waals surface area contributed by atoms with E-state index < -0.39 is 10.0 Å². The smallest absolute Gasteiger partial charge is 0.276 e. The Morgan fingerprint density at radius 2 is 2.04 bits per heavy atom. The van der Waals surface area contributed by atoms with E-state index in [0.29, 0.717) is 51.5 Å². The van der Waals surface area contributed by atoms with Crippen LogP contribution in [0.25, 0.3) is 0 Å². The van der Waals surface area contributed by atoms with Gasteiger partial charge < -0.3 is 9.64 Å². The summed E-state index contributed by atoms with van der Waals surface area (Å²) in [5.74, 6) is -0.00205. The molecule has 3 rings (SSSR count). The minimum absolute atomic E-state index is 0.00343. The first-order valence-electron chi connectivity index (χ1n) is 9.28. The second kappa shape index (κ2) is 8.45. The second-order valence-electron chi connectivity index (χ2n) is 6.72. The van der Waals surface area contributed by atoms with Crippen molar-refractivity contribution in [3.63, 3.8) is 0 Å². The molecule has 1 atom stereocenters. The van der Waals surface area contributed by atoms with Crippen molar-refractivity contribution in [2.75, 3.05) is 38.6 Å². The van der Waals surface area contributed by atoms with Crippen LogP contribution in [0.15, 0.2) is 6.20 Å². The van der Waals surface area contributed by atoms with E-state index in [1.54, 1.807) is 27.0 Å². The fraction of sp³-hybridized carbons (Fsp3) is 0.812. The molecule has 1 aromatic heterocycles. The SMILES string of the molecule is CCS(=O)(=O)N1CCCCC1CCn1cc(C(=O)N2CCOCC2)nn1.